The van der Waals surface area contributed by atoms with Crippen LogP contribution in [0.25, 0.3) is 0 Å². The quantitative estimate of drug-likeness (QED) is 0.0749. The molecule has 6 fully saturated rings. The molecular formula is C77H88N6O10S3. The summed E-state index contributed by atoms with van der Waals surface area (Å²) in [5.74, 6) is 1.26. The lowest BCUT2D eigenvalue weighted by Crippen LogP contribution is -2.43. The van der Waals surface area contributed by atoms with E-state index in [4.69, 9.17) is 18.9 Å². The third kappa shape index (κ3) is 16.1. The van der Waals surface area contributed by atoms with Crippen LogP contribution in [0.3, 0.4) is 0 Å². The molecule has 16 nitrogen and oxygen atoms in total. The minimum absolute atomic E-state index is 0.0189. The van der Waals surface area contributed by atoms with E-state index in [2.05, 4.69) is 100 Å². The van der Waals surface area contributed by atoms with Gasteiger partial charge in [-0.2, -0.15) is 0 Å². The van der Waals surface area contributed by atoms with Gasteiger partial charge in [-0.1, -0.05) is 97.1 Å². The molecule has 3 aliphatic carbocycles. The maximum Gasteiger partial charge on any atom is 0.265 e. The molecule has 9 heterocycles. The summed E-state index contributed by atoms with van der Waals surface area (Å²) >= 11 is 4.68. The van der Waals surface area contributed by atoms with Crippen molar-refractivity contribution in [2.45, 2.75) is 147 Å². The van der Waals surface area contributed by atoms with Crippen molar-refractivity contribution in [3.05, 3.63) is 201 Å². The Morgan fingerprint density at radius 1 is 0.417 bits per heavy atom. The molecule has 9 aliphatic rings. The van der Waals surface area contributed by atoms with Gasteiger partial charge in [0.25, 0.3) is 17.7 Å². The highest BCUT2D eigenvalue weighted by atomic mass is 32.1. The summed E-state index contributed by atoms with van der Waals surface area (Å²) in [7, 11) is 0. The minimum Gasteiger partial charge on any atom is -0.489 e. The number of aryl methyl sites for hydroxylation is 4. The van der Waals surface area contributed by atoms with Gasteiger partial charge in [-0.25, -0.2) is 0 Å². The van der Waals surface area contributed by atoms with E-state index in [1.165, 1.54) is 60.9 Å². The Balaban J connectivity index is 0.000000130. The van der Waals surface area contributed by atoms with Crippen molar-refractivity contribution in [1.29, 1.82) is 0 Å². The van der Waals surface area contributed by atoms with Crippen LogP contribution in [0.2, 0.25) is 0 Å². The van der Waals surface area contributed by atoms with Crippen LogP contribution in [0.5, 0.6) is 5.75 Å². The smallest absolute Gasteiger partial charge is 0.265 e. The van der Waals surface area contributed by atoms with Crippen LogP contribution < -0.4 is 4.74 Å². The second kappa shape index (κ2) is 31.2. The number of benzene rings is 3. The van der Waals surface area contributed by atoms with Gasteiger partial charge < -0.3 is 33.6 Å². The van der Waals surface area contributed by atoms with Gasteiger partial charge in [-0.3, -0.25) is 43.5 Å². The Morgan fingerprint density at radius 2 is 0.792 bits per heavy atom. The highest BCUT2D eigenvalue weighted by Crippen LogP contribution is 2.40. The highest BCUT2D eigenvalue weighted by Gasteiger charge is 2.43. The molecule has 19 heteroatoms. The number of carbonyl (C=O) groups excluding carboxylic acids is 6. The van der Waals surface area contributed by atoms with Crippen LogP contribution in [-0.4, -0.2) is 162 Å². The molecule has 0 spiro atoms. The number of hydrogen-bond acceptors (Lipinski definition) is 16. The zero-order valence-corrected chi connectivity index (χ0v) is 57.6. The molecular weight excluding hydrogens is 1270 g/mol. The Labute approximate surface area is 576 Å². The largest absolute Gasteiger partial charge is 0.489 e. The lowest BCUT2D eigenvalue weighted by atomic mass is 9.89. The first-order valence-electron chi connectivity index (χ1n) is 34.3. The number of hydrogen-bond donors (Lipinski definition) is 0. The summed E-state index contributed by atoms with van der Waals surface area (Å²) in [4.78, 5) is 91.8. The molecule has 3 atom stereocenters. The SMILES string of the molecule is C=C1CCC(N2Cc3c(CCc4ccc(CN5CCOCC5)cc4)csc3C2=O)C(=O)C1.C=C1CC[C@H](N2Cc3c(COc4ccc(CN5CCOCC5)cc4)csc3C2=O)C(=O)C1.C=C1CC[C@H](N2Cc3c(csc3CCc3ccc(CN4CCOCC4)cc3)C2=O)C(=O)C1. The highest BCUT2D eigenvalue weighted by molar-refractivity contribution is 7.13. The van der Waals surface area contributed by atoms with Crippen molar-refractivity contribution < 1.29 is 47.7 Å². The molecule has 6 aromatic rings. The molecule has 1 unspecified atom stereocenters. The van der Waals surface area contributed by atoms with E-state index in [0.29, 0.717) is 64.8 Å². The van der Waals surface area contributed by atoms with Crippen molar-refractivity contribution in [1.82, 2.24) is 29.4 Å². The zero-order valence-electron chi connectivity index (χ0n) is 55.1. The molecule has 3 aromatic carbocycles. The van der Waals surface area contributed by atoms with Gasteiger partial charge in [0.1, 0.15) is 12.4 Å². The Morgan fingerprint density at radius 3 is 1.23 bits per heavy atom. The van der Waals surface area contributed by atoms with E-state index in [-0.39, 0.29) is 53.2 Å². The first-order chi connectivity index (χ1) is 46.7. The van der Waals surface area contributed by atoms with Crippen molar-refractivity contribution >= 4 is 69.1 Å². The van der Waals surface area contributed by atoms with Gasteiger partial charge in [0.05, 0.1) is 73.1 Å². The number of nitrogens with zero attached hydrogens (tertiary/aromatic N) is 6. The molecule has 15 rings (SSSR count). The fourth-order valence-electron chi connectivity index (χ4n) is 14.7. The molecule has 0 radical (unpaired) electrons. The first kappa shape index (κ1) is 67.5. The number of thiophene rings is 3. The average Bonchev–Trinajstić information content (AvgIpc) is 1.65. The maximum absolute atomic E-state index is 13.0. The topological polar surface area (TPSA) is 159 Å². The third-order valence-electron chi connectivity index (χ3n) is 20.4. The third-order valence-corrected chi connectivity index (χ3v) is 23.6. The Hall–Kier alpha value is -7.04. The molecule has 6 aliphatic heterocycles. The van der Waals surface area contributed by atoms with Crippen molar-refractivity contribution in [2.75, 3.05) is 78.9 Å². The lowest BCUT2D eigenvalue weighted by molar-refractivity contribution is -0.124. The molecule has 3 saturated heterocycles. The summed E-state index contributed by atoms with van der Waals surface area (Å²) in [6, 6.07) is 25.2. The van der Waals surface area contributed by atoms with Crippen molar-refractivity contribution in [3.63, 3.8) is 0 Å². The van der Waals surface area contributed by atoms with E-state index in [1.54, 1.807) is 26.0 Å². The predicted molar refractivity (Wildman–Crippen MR) is 375 cm³/mol. The van der Waals surface area contributed by atoms with Gasteiger partial charge >= 0.3 is 0 Å². The van der Waals surface area contributed by atoms with Crippen LogP contribution in [0, 0.1) is 0 Å². The molecule has 3 saturated carbocycles. The van der Waals surface area contributed by atoms with Crippen LogP contribution >= 0.6 is 34.0 Å². The molecule has 0 bridgehead atoms. The normalized spacial score (nSPS) is 21.9. The monoisotopic (exact) mass is 1350 g/mol. The van der Waals surface area contributed by atoms with E-state index in [1.807, 2.05) is 22.9 Å². The molecule has 0 N–H and O–H groups in total. The summed E-state index contributed by atoms with van der Waals surface area (Å²) < 4.78 is 22.3. The molecule has 3 aromatic heterocycles. The van der Waals surface area contributed by atoms with E-state index in [0.717, 1.165) is 204 Å². The summed E-state index contributed by atoms with van der Waals surface area (Å²) in [5, 5.41) is 6.14. The van der Waals surface area contributed by atoms with Gasteiger partial charge in [0, 0.05) is 119 Å². The number of rotatable bonds is 18. The summed E-state index contributed by atoms with van der Waals surface area (Å²) in [6.07, 6.45) is 9.57. The fraction of sp³-hybridized carbons (Fsp3) is 0.455. The van der Waals surface area contributed by atoms with Crippen molar-refractivity contribution in [3.8, 4) is 5.75 Å². The maximum atomic E-state index is 13.0. The lowest BCUT2D eigenvalue weighted by Gasteiger charge is -2.30. The molecule has 96 heavy (non-hydrogen) atoms. The van der Waals surface area contributed by atoms with Crippen LogP contribution in [-0.2, 0) is 100 Å². The van der Waals surface area contributed by atoms with Crippen molar-refractivity contribution in [2.24, 2.45) is 0 Å². The van der Waals surface area contributed by atoms with E-state index >= 15 is 0 Å². The number of amides is 3. The van der Waals surface area contributed by atoms with Gasteiger partial charge in [-0.05, 0) is 132 Å². The number of carbonyl (C=O) groups is 6. The van der Waals surface area contributed by atoms with E-state index in [9.17, 15) is 28.8 Å². The number of ether oxygens (including phenoxy) is 4. The minimum atomic E-state index is -0.319. The number of ketones is 3. The molecule has 504 valence electrons. The summed E-state index contributed by atoms with van der Waals surface area (Å²) in [6.45, 7) is 27.6. The number of morpholine rings is 3. The zero-order chi connectivity index (χ0) is 66.2. The van der Waals surface area contributed by atoms with Gasteiger partial charge in [0.15, 0.2) is 17.3 Å². The average molecular weight is 1350 g/mol. The number of fused-ring (bicyclic) bond motifs is 3. The van der Waals surface area contributed by atoms with Crippen LogP contribution in [0.1, 0.15) is 148 Å². The second-order valence-electron chi connectivity index (χ2n) is 27.1. The summed E-state index contributed by atoms with van der Waals surface area (Å²) in [5.41, 5.74) is 15.9. The number of Topliss-reactive ketones (excluding diaryl/α,β-unsaturated/α-hetero) is 3. The van der Waals surface area contributed by atoms with Gasteiger partial charge in [-0.15, -0.1) is 34.0 Å². The standard InChI is InChI=1S/2C26H30N2O3S.C25H28N2O4S/c1-18-2-9-23(24(29)14-18)28-16-22-21(17-32-25(22)26(28)30)8-7-19-3-5-20(6-4-19)15-27-10-12-31-13-11-27;1-18-2-8-23(24(29)14-18)28-16-21-22(26(28)30)17-32-25(21)9-7-19-3-5-20(6-4-19)15-27-10-12-31-13-11-27;1-17-2-7-22(23(28)12-17)27-14-21-19(16-32-24(21)25(27)29)15-31-20-5-3-18(4-6-20)13-26-8-10-30-11-9-26/h2*3-6,17,23H,1-2,7-16H2;3-6,16,22H,1-2,7-15H2/t;23-;22-/m.00/s1. The van der Waals surface area contributed by atoms with E-state index < -0.39 is 0 Å². The second-order valence-corrected chi connectivity index (χ2v) is 29.8. The fourth-order valence-corrected chi connectivity index (χ4v) is 17.8. The Bertz CT molecular complexity index is 3460. The molecule has 3 amide bonds. The van der Waals surface area contributed by atoms with Crippen LogP contribution in [0.4, 0.5) is 0 Å². The van der Waals surface area contributed by atoms with Crippen LogP contribution in [0.15, 0.2) is 125 Å². The first-order valence-corrected chi connectivity index (χ1v) is 37.0. The Kier molecular flexibility index (Phi) is 22.0. The predicted octanol–water partition coefficient (Wildman–Crippen LogP) is 11.8. The number of allylic oxidation sites excluding steroid dienone is 3. The van der Waals surface area contributed by atoms with Gasteiger partial charge in [0.2, 0.25) is 0 Å².